The molecule has 1 aromatic heterocycles. The van der Waals surface area contributed by atoms with Crippen LogP contribution in [-0.4, -0.2) is 10.9 Å². The Bertz CT molecular complexity index is 485. The lowest BCUT2D eigenvalue weighted by molar-refractivity contribution is 0.111. The van der Waals surface area contributed by atoms with E-state index in [1.54, 1.807) is 0 Å². The molecule has 0 atom stereocenters. The van der Waals surface area contributed by atoms with E-state index < -0.39 is 0 Å². The highest BCUT2D eigenvalue weighted by atomic mass is 16.1. The van der Waals surface area contributed by atoms with E-state index >= 15 is 0 Å². The van der Waals surface area contributed by atoms with Gasteiger partial charge in [-0.25, -0.2) is 0 Å². The van der Waals surface area contributed by atoms with E-state index in [9.17, 15) is 4.79 Å². The molecule has 0 unspecified atom stereocenters. The molecule has 0 aliphatic heterocycles. The van der Waals surface area contributed by atoms with Crippen molar-refractivity contribution in [2.45, 2.75) is 26.3 Å². The summed E-state index contributed by atoms with van der Waals surface area (Å²) in [7, 11) is 0. The van der Waals surface area contributed by atoms with Crippen molar-refractivity contribution >= 4 is 6.29 Å². The van der Waals surface area contributed by atoms with E-state index in [-0.39, 0.29) is 0 Å². The van der Waals surface area contributed by atoms with Gasteiger partial charge in [0.05, 0.1) is 5.69 Å². The minimum Gasteiger partial charge on any atom is -0.338 e. The normalized spacial score (nSPS) is 10.4. The molecule has 0 saturated carbocycles. The molecule has 0 aliphatic carbocycles. The van der Waals surface area contributed by atoms with Crippen LogP contribution in [0.4, 0.5) is 0 Å². The van der Waals surface area contributed by atoms with E-state index in [2.05, 4.69) is 29.7 Å². The minimum absolute atomic E-state index is 0.761. The van der Waals surface area contributed by atoms with Crippen LogP contribution < -0.4 is 0 Å². The summed E-state index contributed by atoms with van der Waals surface area (Å²) in [6, 6.07) is 14.2. The van der Waals surface area contributed by atoms with Crippen molar-refractivity contribution < 1.29 is 4.79 Å². The number of benzene rings is 1. The monoisotopic (exact) mass is 227 g/mol. The Morgan fingerprint density at radius 2 is 1.88 bits per heavy atom. The Morgan fingerprint density at radius 3 is 2.53 bits per heavy atom. The van der Waals surface area contributed by atoms with E-state index in [1.807, 2.05) is 24.3 Å². The second-order valence-corrected chi connectivity index (χ2v) is 4.19. The van der Waals surface area contributed by atoms with E-state index in [1.165, 1.54) is 11.3 Å². The first-order chi connectivity index (χ1) is 8.35. The minimum atomic E-state index is 0.761. The fourth-order valence-corrected chi connectivity index (χ4v) is 2.06. The van der Waals surface area contributed by atoms with Crippen molar-refractivity contribution in [1.82, 2.24) is 4.57 Å². The number of aromatic nitrogens is 1. The number of carbonyl (C=O) groups excluding carboxylic acids is 1. The van der Waals surface area contributed by atoms with Gasteiger partial charge in [0.1, 0.15) is 0 Å². The molecule has 2 rings (SSSR count). The molecule has 0 aliphatic rings. The third kappa shape index (κ3) is 2.64. The number of hydrogen-bond donors (Lipinski definition) is 0. The molecule has 0 N–H and O–H groups in total. The molecule has 1 heterocycles. The van der Waals surface area contributed by atoms with E-state index in [0.717, 1.165) is 31.4 Å². The van der Waals surface area contributed by atoms with Crippen LogP contribution in [0.2, 0.25) is 0 Å². The zero-order valence-electron chi connectivity index (χ0n) is 10.1. The Morgan fingerprint density at radius 1 is 1.12 bits per heavy atom. The maximum absolute atomic E-state index is 11.0. The zero-order valence-corrected chi connectivity index (χ0v) is 10.1. The number of aldehydes is 1. The van der Waals surface area contributed by atoms with Gasteiger partial charge in [-0.1, -0.05) is 43.7 Å². The second-order valence-electron chi connectivity index (χ2n) is 4.19. The maximum Gasteiger partial charge on any atom is 0.166 e. The molecule has 0 fully saturated rings. The Hall–Kier alpha value is -1.83. The number of aryl methyl sites for hydroxylation is 1. The summed E-state index contributed by atoms with van der Waals surface area (Å²) in [6.07, 6.45) is 3.04. The smallest absolute Gasteiger partial charge is 0.166 e. The van der Waals surface area contributed by atoms with Crippen molar-refractivity contribution in [2.24, 2.45) is 0 Å². The third-order valence-corrected chi connectivity index (χ3v) is 2.92. The summed E-state index contributed by atoms with van der Waals surface area (Å²) in [5.74, 6) is 0. The second kappa shape index (κ2) is 5.48. The molecule has 0 spiro atoms. The lowest BCUT2D eigenvalue weighted by Crippen LogP contribution is -2.07. The molecule has 0 bridgehead atoms. The number of carbonyl (C=O) groups is 1. The number of rotatable bonds is 5. The Kier molecular flexibility index (Phi) is 3.76. The molecular weight excluding hydrogens is 210 g/mol. The van der Waals surface area contributed by atoms with Crippen molar-refractivity contribution in [1.29, 1.82) is 0 Å². The SMILES string of the molecule is CCCc1ccc(C=O)n1Cc1ccccc1. The van der Waals surface area contributed by atoms with Gasteiger partial charge >= 0.3 is 0 Å². The van der Waals surface area contributed by atoms with Gasteiger partial charge in [-0.3, -0.25) is 4.79 Å². The predicted octanol–water partition coefficient (Wildman–Crippen LogP) is 3.30. The van der Waals surface area contributed by atoms with Crippen molar-refractivity contribution in [3.8, 4) is 0 Å². The van der Waals surface area contributed by atoms with Crippen LogP contribution in [-0.2, 0) is 13.0 Å². The molecule has 17 heavy (non-hydrogen) atoms. The molecule has 2 aromatic rings. The maximum atomic E-state index is 11.0. The summed E-state index contributed by atoms with van der Waals surface area (Å²) in [4.78, 5) is 11.0. The molecular formula is C15H17NO. The van der Waals surface area contributed by atoms with Gasteiger partial charge in [-0.15, -0.1) is 0 Å². The molecule has 0 saturated heterocycles. The van der Waals surface area contributed by atoms with Crippen molar-refractivity contribution in [2.75, 3.05) is 0 Å². The highest BCUT2D eigenvalue weighted by molar-refractivity contribution is 5.72. The van der Waals surface area contributed by atoms with Crippen LogP contribution in [0, 0.1) is 0 Å². The highest BCUT2D eigenvalue weighted by Crippen LogP contribution is 2.13. The predicted molar refractivity (Wildman–Crippen MR) is 69.4 cm³/mol. The molecule has 2 nitrogen and oxygen atoms in total. The standard InChI is InChI=1S/C15H17NO/c1-2-6-14-9-10-15(12-17)16(14)11-13-7-4-3-5-8-13/h3-5,7-10,12H,2,6,11H2,1H3. The average Bonchev–Trinajstić information content (AvgIpc) is 2.74. The molecule has 2 heteroatoms. The molecule has 0 radical (unpaired) electrons. The van der Waals surface area contributed by atoms with Gasteiger partial charge in [0, 0.05) is 12.2 Å². The van der Waals surface area contributed by atoms with Gasteiger partial charge in [-0.05, 0) is 24.1 Å². The van der Waals surface area contributed by atoms with Crippen LogP contribution in [0.25, 0.3) is 0 Å². The molecule has 0 amide bonds. The lowest BCUT2D eigenvalue weighted by atomic mass is 10.2. The van der Waals surface area contributed by atoms with Crippen LogP contribution in [0.1, 0.15) is 35.1 Å². The fraction of sp³-hybridized carbons (Fsp3) is 0.267. The summed E-state index contributed by atoms with van der Waals surface area (Å²) in [5.41, 5.74) is 3.22. The first kappa shape index (κ1) is 11.6. The average molecular weight is 227 g/mol. The summed E-state index contributed by atoms with van der Waals surface area (Å²) < 4.78 is 2.10. The van der Waals surface area contributed by atoms with Crippen molar-refractivity contribution in [3.05, 3.63) is 59.4 Å². The molecule has 88 valence electrons. The van der Waals surface area contributed by atoms with Crippen LogP contribution >= 0.6 is 0 Å². The van der Waals surface area contributed by atoms with Gasteiger partial charge in [0.2, 0.25) is 0 Å². The molecule has 1 aromatic carbocycles. The quantitative estimate of drug-likeness (QED) is 0.718. The van der Waals surface area contributed by atoms with Gasteiger partial charge in [0.15, 0.2) is 6.29 Å². The van der Waals surface area contributed by atoms with Gasteiger partial charge in [0.25, 0.3) is 0 Å². The van der Waals surface area contributed by atoms with E-state index in [0.29, 0.717) is 0 Å². The summed E-state index contributed by atoms with van der Waals surface area (Å²) in [6.45, 7) is 2.93. The largest absolute Gasteiger partial charge is 0.338 e. The van der Waals surface area contributed by atoms with Crippen molar-refractivity contribution in [3.63, 3.8) is 0 Å². The first-order valence-corrected chi connectivity index (χ1v) is 6.02. The van der Waals surface area contributed by atoms with Crippen LogP contribution in [0.3, 0.4) is 0 Å². The fourth-order valence-electron chi connectivity index (χ4n) is 2.06. The topological polar surface area (TPSA) is 22.0 Å². The highest BCUT2D eigenvalue weighted by Gasteiger charge is 2.07. The summed E-state index contributed by atoms with van der Waals surface area (Å²) in [5, 5.41) is 0. The van der Waals surface area contributed by atoms with Crippen LogP contribution in [0.15, 0.2) is 42.5 Å². The van der Waals surface area contributed by atoms with Crippen LogP contribution in [0.5, 0.6) is 0 Å². The number of nitrogens with zero attached hydrogens (tertiary/aromatic N) is 1. The third-order valence-electron chi connectivity index (χ3n) is 2.92. The summed E-state index contributed by atoms with van der Waals surface area (Å²) >= 11 is 0. The Balaban J connectivity index is 2.29. The van der Waals surface area contributed by atoms with Gasteiger partial charge in [-0.2, -0.15) is 0 Å². The number of hydrogen-bond acceptors (Lipinski definition) is 1. The Labute approximate surface area is 102 Å². The zero-order chi connectivity index (χ0) is 12.1. The lowest BCUT2D eigenvalue weighted by Gasteiger charge is -2.10. The first-order valence-electron chi connectivity index (χ1n) is 6.02. The van der Waals surface area contributed by atoms with Gasteiger partial charge < -0.3 is 4.57 Å². The van der Waals surface area contributed by atoms with E-state index in [4.69, 9.17) is 0 Å².